The lowest BCUT2D eigenvalue weighted by Crippen LogP contribution is -2.29. The van der Waals surface area contributed by atoms with E-state index in [0.29, 0.717) is 0 Å². The third kappa shape index (κ3) is 9.72. The van der Waals surface area contributed by atoms with Gasteiger partial charge in [-0.2, -0.15) is 0 Å². The van der Waals surface area contributed by atoms with Crippen molar-refractivity contribution in [3.63, 3.8) is 0 Å². The molecule has 0 radical (unpaired) electrons. The second-order valence-electron chi connectivity index (χ2n) is 3.41. The van der Waals surface area contributed by atoms with E-state index < -0.39 is 8.32 Å². The van der Waals surface area contributed by atoms with Crippen LogP contribution >= 0.6 is 0 Å². The van der Waals surface area contributed by atoms with Crippen LogP contribution in [0.15, 0.2) is 12.3 Å². The Morgan fingerprint density at radius 1 is 1.36 bits per heavy atom. The quantitative estimate of drug-likeness (QED) is 0.507. The van der Waals surface area contributed by atoms with E-state index in [1.807, 2.05) is 19.2 Å². The van der Waals surface area contributed by atoms with Crippen LogP contribution < -0.4 is 5.32 Å². The van der Waals surface area contributed by atoms with Crippen LogP contribution in [0.2, 0.25) is 19.6 Å². The molecule has 0 aliphatic heterocycles. The highest BCUT2D eigenvalue weighted by molar-refractivity contribution is 6.69. The summed E-state index contributed by atoms with van der Waals surface area (Å²) in [6.45, 7) is 10.3. The van der Waals surface area contributed by atoms with Gasteiger partial charge in [0.2, 0.25) is 0 Å². The minimum absolute atomic E-state index is 0.820. The highest BCUT2D eigenvalue weighted by atomic mass is 28.4. The molecule has 66 valence electrons. The van der Waals surface area contributed by atoms with Gasteiger partial charge in [0.1, 0.15) is 0 Å². The molecule has 0 aromatic heterocycles. The predicted octanol–water partition coefficient (Wildman–Crippen LogP) is 1.96. The molecule has 1 N–H and O–H groups in total. The Morgan fingerprint density at radius 3 is 2.45 bits per heavy atom. The van der Waals surface area contributed by atoms with Gasteiger partial charge in [0.15, 0.2) is 8.32 Å². The molecule has 0 atom stereocenters. The van der Waals surface area contributed by atoms with Crippen molar-refractivity contribution in [1.82, 2.24) is 5.32 Å². The van der Waals surface area contributed by atoms with E-state index in [4.69, 9.17) is 4.43 Å². The van der Waals surface area contributed by atoms with Crippen molar-refractivity contribution < 1.29 is 4.43 Å². The highest BCUT2D eigenvalue weighted by Gasteiger charge is 2.12. The van der Waals surface area contributed by atoms with Gasteiger partial charge in [0.25, 0.3) is 0 Å². The first-order chi connectivity index (χ1) is 5.06. The summed E-state index contributed by atoms with van der Waals surface area (Å²) in [5, 5.41) is 3.12. The van der Waals surface area contributed by atoms with E-state index in [0.717, 1.165) is 13.2 Å². The van der Waals surface area contributed by atoms with Crippen LogP contribution in [0.25, 0.3) is 0 Å². The van der Waals surface area contributed by atoms with Crippen LogP contribution in [0.5, 0.6) is 0 Å². The van der Waals surface area contributed by atoms with Crippen molar-refractivity contribution in [2.24, 2.45) is 0 Å². The van der Waals surface area contributed by atoms with Crippen molar-refractivity contribution in [1.29, 1.82) is 0 Å². The normalized spacial score (nSPS) is 12.4. The maximum atomic E-state index is 5.62. The fraction of sp³-hybridized carbons (Fsp3) is 0.750. The van der Waals surface area contributed by atoms with Gasteiger partial charge in [-0.15, -0.1) is 0 Å². The third-order valence-electron chi connectivity index (χ3n) is 1.07. The van der Waals surface area contributed by atoms with E-state index >= 15 is 0 Å². The molecule has 3 heteroatoms. The molecule has 0 aliphatic carbocycles. The Morgan fingerprint density at radius 2 is 2.00 bits per heavy atom. The van der Waals surface area contributed by atoms with E-state index in [-0.39, 0.29) is 0 Å². The van der Waals surface area contributed by atoms with Crippen molar-refractivity contribution in [3.8, 4) is 0 Å². The van der Waals surface area contributed by atoms with Crippen LogP contribution in [0, 0.1) is 0 Å². The van der Waals surface area contributed by atoms with Crippen LogP contribution in [0.3, 0.4) is 0 Å². The zero-order valence-electron chi connectivity index (χ0n) is 7.98. The zero-order valence-corrected chi connectivity index (χ0v) is 8.98. The number of rotatable bonds is 5. The number of nitrogens with one attached hydrogen (secondary N) is 1. The lowest BCUT2D eigenvalue weighted by atomic mass is 10.6. The van der Waals surface area contributed by atoms with Crippen molar-refractivity contribution in [2.75, 3.05) is 13.2 Å². The summed E-state index contributed by atoms with van der Waals surface area (Å²) in [7, 11) is -1.28. The van der Waals surface area contributed by atoms with Crippen LogP contribution in [-0.4, -0.2) is 21.5 Å². The van der Waals surface area contributed by atoms with Gasteiger partial charge >= 0.3 is 0 Å². The minimum Gasteiger partial charge on any atom is -0.416 e. The third-order valence-corrected chi connectivity index (χ3v) is 2.14. The van der Waals surface area contributed by atoms with Gasteiger partial charge < -0.3 is 9.74 Å². The van der Waals surface area contributed by atoms with Gasteiger partial charge in [-0.1, -0.05) is 6.08 Å². The molecular weight excluding hydrogens is 154 g/mol. The maximum Gasteiger partial charge on any atom is 0.183 e. The van der Waals surface area contributed by atoms with Gasteiger partial charge in [0.05, 0.1) is 6.61 Å². The standard InChI is InChI=1S/C8H19NOSi/c1-5-6-9-7-8-10-11(2,3)4/h5-6,9H,7-8H2,1-4H3. The lowest BCUT2D eigenvalue weighted by Gasteiger charge is -2.16. The molecule has 2 nitrogen and oxygen atoms in total. The average Bonchev–Trinajstić information content (AvgIpc) is 1.85. The van der Waals surface area contributed by atoms with Gasteiger partial charge in [-0.25, -0.2) is 0 Å². The molecule has 0 aromatic carbocycles. The second kappa shape index (κ2) is 5.38. The maximum absolute atomic E-state index is 5.62. The molecular formula is C8H19NOSi. The first kappa shape index (κ1) is 10.7. The first-order valence-electron chi connectivity index (χ1n) is 4.05. The molecule has 0 fully saturated rings. The average molecular weight is 173 g/mol. The number of hydrogen-bond donors (Lipinski definition) is 1. The van der Waals surface area contributed by atoms with E-state index in [1.165, 1.54) is 0 Å². The minimum atomic E-state index is -1.28. The summed E-state index contributed by atoms with van der Waals surface area (Å²) in [6.07, 6.45) is 3.92. The van der Waals surface area contributed by atoms with Gasteiger partial charge in [-0.05, 0) is 32.8 Å². The highest BCUT2D eigenvalue weighted by Crippen LogP contribution is 2.00. The molecule has 0 saturated carbocycles. The summed E-state index contributed by atoms with van der Waals surface area (Å²) in [5.74, 6) is 0. The summed E-state index contributed by atoms with van der Waals surface area (Å²) in [6, 6.07) is 0. The van der Waals surface area contributed by atoms with E-state index in [1.54, 1.807) is 0 Å². The fourth-order valence-corrected chi connectivity index (χ4v) is 1.33. The molecule has 0 saturated heterocycles. The Kier molecular flexibility index (Phi) is 5.24. The largest absolute Gasteiger partial charge is 0.416 e. The van der Waals surface area contributed by atoms with Crippen molar-refractivity contribution in [2.45, 2.75) is 26.6 Å². The summed E-state index contributed by atoms with van der Waals surface area (Å²) in [4.78, 5) is 0. The van der Waals surface area contributed by atoms with Gasteiger partial charge in [0, 0.05) is 6.54 Å². The molecule has 0 bridgehead atoms. The predicted molar refractivity (Wildman–Crippen MR) is 52.1 cm³/mol. The molecule has 0 heterocycles. The second-order valence-corrected chi connectivity index (χ2v) is 7.93. The Hall–Kier alpha value is -0.283. The zero-order chi connectivity index (χ0) is 8.74. The molecule has 0 aromatic rings. The Bertz CT molecular complexity index is 118. The molecule has 0 rings (SSSR count). The van der Waals surface area contributed by atoms with Crippen molar-refractivity contribution >= 4 is 8.32 Å². The fourth-order valence-electron chi connectivity index (χ4n) is 0.617. The topological polar surface area (TPSA) is 21.3 Å². The lowest BCUT2D eigenvalue weighted by molar-refractivity contribution is 0.314. The van der Waals surface area contributed by atoms with E-state index in [9.17, 15) is 0 Å². The molecule has 0 spiro atoms. The smallest absolute Gasteiger partial charge is 0.183 e. The summed E-state index contributed by atoms with van der Waals surface area (Å²) >= 11 is 0. The number of allylic oxidation sites excluding steroid dienone is 1. The molecule has 0 amide bonds. The molecule has 0 aliphatic rings. The number of hydrogen-bond acceptors (Lipinski definition) is 2. The first-order valence-corrected chi connectivity index (χ1v) is 7.45. The summed E-state index contributed by atoms with van der Waals surface area (Å²) in [5.41, 5.74) is 0. The van der Waals surface area contributed by atoms with Crippen LogP contribution in [-0.2, 0) is 4.43 Å². The Labute approximate surface area is 70.8 Å². The van der Waals surface area contributed by atoms with E-state index in [2.05, 4.69) is 25.0 Å². The summed E-state index contributed by atoms with van der Waals surface area (Å²) < 4.78 is 5.62. The van der Waals surface area contributed by atoms with Crippen LogP contribution in [0.4, 0.5) is 0 Å². The monoisotopic (exact) mass is 173 g/mol. The molecule has 11 heavy (non-hydrogen) atoms. The van der Waals surface area contributed by atoms with Gasteiger partial charge in [-0.3, -0.25) is 0 Å². The Balaban J connectivity index is 3.15. The van der Waals surface area contributed by atoms with Crippen molar-refractivity contribution in [3.05, 3.63) is 12.3 Å². The van der Waals surface area contributed by atoms with Crippen LogP contribution in [0.1, 0.15) is 6.92 Å². The SMILES string of the molecule is CC=CNCCO[Si](C)(C)C. The molecule has 0 unspecified atom stereocenters.